The molecule has 4 rings (SSSR count). The van der Waals surface area contributed by atoms with Gasteiger partial charge in [-0.15, -0.1) is 0 Å². The van der Waals surface area contributed by atoms with E-state index in [1.165, 1.54) is 4.57 Å². The van der Waals surface area contributed by atoms with Crippen LogP contribution in [0.1, 0.15) is 18.6 Å². The molecule has 0 radical (unpaired) electrons. The molecule has 0 saturated carbocycles. The van der Waals surface area contributed by atoms with Crippen LogP contribution in [0, 0.1) is 0 Å². The molecule has 3 aromatic rings. The minimum absolute atomic E-state index is 0.0531. The molecule has 0 aliphatic carbocycles. The maximum absolute atomic E-state index is 11.7. The summed E-state index contributed by atoms with van der Waals surface area (Å²) in [6.45, 7) is 5.46. The molecule has 29 heavy (non-hydrogen) atoms. The van der Waals surface area contributed by atoms with Gasteiger partial charge in [-0.25, -0.2) is 4.79 Å². The van der Waals surface area contributed by atoms with Crippen LogP contribution < -0.4 is 15.4 Å². The van der Waals surface area contributed by atoms with Gasteiger partial charge in [-0.1, -0.05) is 18.2 Å². The molecule has 154 valence electrons. The van der Waals surface area contributed by atoms with Crippen molar-refractivity contribution in [3.63, 3.8) is 0 Å². The average molecular weight is 397 g/mol. The summed E-state index contributed by atoms with van der Waals surface area (Å²) in [6, 6.07) is 13.5. The Bertz CT molecular complexity index is 1050. The molecule has 1 fully saturated rings. The maximum atomic E-state index is 11.7. The molecule has 1 N–H and O–H groups in total. The van der Waals surface area contributed by atoms with Crippen molar-refractivity contribution in [1.82, 2.24) is 9.47 Å². The van der Waals surface area contributed by atoms with Crippen molar-refractivity contribution in [2.45, 2.75) is 19.1 Å². The third-order valence-corrected chi connectivity index (χ3v) is 5.93. The highest BCUT2D eigenvalue weighted by Crippen LogP contribution is 2.30. The van der Waals surface area contributed by atoms with E-state index in [1.807, 2.05) is 37.3 Å². The Balaban J connectivity index is 1.45. The number of hydrogen-bond donors (Lipinski definition) is 1. The zero-order chi connectivity index (χ0) is 20.5. The molecule has 2 aromatic carbocycles. The lowest BCUT2D eigenvalue weighted by atomic mass is 10.0. The smallest absolute Gasteiger partial charge is 0.419 e. The van der Waals surface area contributed by atoms with E-state index in [4.69, 9.17) is 9.15 Å². The standard InChI is InChI=1S/C22H27N3O4/c1-15(21(26)16-8-9-17-20(14-16)29-22(27)23(17)2)24-10-12-25(13-11-24)18-6-4-5-7-19(18)28-3/h4-9,14-15,21,26H,10-13H2,1-3H3. The van der Waals surface area contributed by atoms with E-state index >= 15 is 0 Å². The third-order valence-electron chi connectivity index (χ3n) is 5.93. The number of rotatable bonds is 5. The summed E-state index contributed by atoms with van der Waals surface area (Å²) in [5.41, 5.74) is 3.09. The van der Waals surface area contributed by atoms with Crippen LogP contribution >= 0.6 is 0 Å². The van der Waals surface area contributed by atoms with Crippen LogP contribution in [0.3, 0.4) is 0 Å². The fourth-order valence-corrected chi connectivity index (χ4v) is 4.07. The maximum Gasteiger partial charge on any atom is 0.419 e. The van der Waals surface area contributed by atoms with Gasteiger partial charge in [0.1, 0.15) is 5.75 Å². The number of aromatic nitrogens is 1. The Morgan fingerprint density at radius 2 is 1.83 bits per heavy atom. The van der Waals surface area contributed by atoms with E-state index in [2.05, 4.69) is 15.9 Å². The topological polar surface area (TPSA) is 71.1 Å². The molecule has 2 heterocycles. The van der Waals surface area contributed by atoms with Crippen molar-refractivity contribution in [2.24, 2.45) is 7.05 Å². The van der Waals surface area contributed by atoms with Crippen LogP contribution in [0.4, 0.5) is 5.69 Å². The molecule has 1 saturated heterocycles. The number of piperazine rings is 1. The van der Waals surface area contributed by atoms with E-state index in [0.717, 1.165) is 48.7 Å². The van der Waals surface area contributed by atoms with Crippen LogP contribution in [0.5, 0.6) is 5.75 Å². The number of nitrogens with zero attached hydrogens (tertiary/aromatic N) is 3. The van der Waals surface area contributed by atoms with E-state index in [9.17, 15) is 9.90 Å². The van der Waals surface area contributed by atoms with Crippen LogP contribution in [0.2, 0.25) is 0 Å². The molecule has 1 aromatic heterocycles. The molecule has 0 amide bonds. The zero-order valence-electron chi connectivity index (χ0n) is 17.0. The molecule has 0 bridgehead atoms. The highest BCUT2D eigenvalue weighted by molar-refractivity contribution is 5.73. The number of benzene rings is 2. The first-order chi connectivity index (χ1) is 14.0. The van der Waals surface area contributed by atoms with Gasteiger partial charge in [0.05, 0.1) is 24.4 Å². The predicted octanol–water partition coefficient (Wildman–Crippen LogP) is 2.38. The van der Waals surface area contributed by atoms with Crippen molar-refractivity contribution in [2.75, 3.05) is 38.2 Å². The van der Waals surface area contributed by atoms with E-state index < -0.39 is 11.9 Å². The molecule has 7 heteroatoms. The minimum atomic E-state index is -0.664. The summed E-state index contributed by atoms with van der Waals surface area (Å²) in [7, 11) is 3.37. The highest BCUT2D eigenvalue weighted by atomic mass is 16.5. The summed E-state index contributed by atoms with van der Waals surface area (Å²) in [4.78, 5) is 16.3. The molecule has 2 unspecified atom stereocenters. The molecule has 7 nitrogen and oxygen atoms in total. The Kier molecular flexibility index (Phi) is 5.34. The number of hydrogen-bond acceptors (Lipinski definition) is 6. The lowest BCUT2D eigenvalue weighted by Crippen LogP contribution is -2.51. The van der Waals surface area contributed by atoms with Crippen LogP contribution in [0.15, 0.2) is 51.7 Å². The number of oxazole rings is 1. The van der Waals surface area contributed by atoms with Gasteiger partial charge < -0.3 is 19.2 Å². The van der Waals surface area contributed by atoms with Crippen molar-refractivity contribution >= 4 is 16.8 Å². The van der Waals surface area contributed by atoms with E-state index in [-0.39, 0.29) is 6.04 Å². The molecular weight excluding hydrogens is 370 g/mol. The Hall–Kier alpha value is -2.77. The van der Waals surface area contributed by atoms with Gasteiger partial charge in [0.15, 0.2) is 5.58 Å². The molecular formula is C22H27N3O4. The lowest BCUT2D eigenvalue weighted by molar-refractivity contribution is 0.0545. The number of aliphatic hydroxyl groups excluding tert-OH is 1. The Morgan fingerprint density at radius 3 is 2.55 bits per heavy atom. The van der Waals surface area contributed by atoms with Gasteiger partial charge in [-0.05, 0) is 36.8 Å². The number of anilines is 1. The first kappa shape index (κ1) is 19.5. The van der Waals surface area contributed by atoms with Gasteiger partial charge in [-0.3, -0.25) is 9.47 Å². The molecule has 2 atom stereocenters. The average Bonchev–Trinajstić information content (AvgIpc) is 3.05. The van der Waals surface area contributed by atoms with Gasteiger partial charge in [0.25, 0.3) is 0 Å². The number of aryl methyl sites for hydroxylation is 1. The zero-order valence-corrected chi connectivity index (χ0v) is 17.0. The summed E-state index contributed by atoms with van der Waals surface area (Å²) in [6.07, 6.45) is -0.664. The van der Waals surface area contributed by atoms with Crippen molar-refractivity contribution in [3.05, 3.63) is 58.6 Å². The lowest BCUT2D eigenvalue weighted by Gasteiger charge is -2.40. The van der Waals surface area contributed by atoms with Crippen molar-refractivity contribution < 1.29 is 14.3 Å². The summed E-state index contributed by atoms with van der Waals surface area (Å²) < 4.78 is 12.2. The second-order valence-electron chi connectivity index (χ2n) is 7.53. The Morgan fingerprint density at radius 1 is 1.10 bits per heavy atom. The third kappa shape index (κ3) is 3.63. The summed E-state index contributed by atoms with van der Waals surface area (Å²) >= 11 is 0. The Labute approximate surface area is 169 Å². The summed E-state index contributed by atoms with van der Waals surface area (Å²) in [5.74, 6) is 0.485. The number of aliphatic hydroxyl groups is 1. The first-order valence-electron chi connectivity index (χ1n) is 9.89. The van der Waals surface area contributed by atoms with Gasteiger partial charge in [0.2, 0.25) is 0 Å². The van der Waals surface area contributed by atoms with Crippen LogP contribution in [-0.2, 0) is 7.05 Å². The van der Waals surface area contributed by atoms with Crippen LogP contribution in [-0.4, -0.2) is 53.9 Å². The normalized spacial score (nSPS) is 17.4. The van der Waals surface area contributed by atoms with E-state index in [1.54, 1.807) is 20.2 Å². The quantitative estimate of drug-likeness (QED) is 0.713. The minimum Gasteiger partial charge on any atom is -0.495 e. The van der Waals surface area contributed by atoms with Gasteiger partial charge in [0, 0.05) is 39.3 Å². The van der Waals surface area contributed by atoms with Crippen LogP contribution in [0.25, 0.3) is 11.1 Å². The monoisotopic (exact) mass is 397 g/mol. The SMILES string of the molecule is COc1ccccc1N1CCN(C(C)C(O)c2ccc3c(c2)oc(=O)n3C)CC1. The molecule has 0 spiro atoms. The molecule has 1 aliphatic rings. The number of fused-ring (bicyclic) bond motifs is 1. The van der Waals surface area contributed by atoms with Crippen molar-refractivity contribution in [1.29, 1.82) is 0 Å². The molecule has 1 aliphatic heterocycles. The fraction of sp³-hybridized carbons (Fsp3) is 0.409. The van der Waals surface area contributed by atoms with Crippen molar-refractivity contribution in [3.8, 4) is 5.75 Å². The number of para-hydroxylation sites is 2. The predicted molar refractivity (Wildman–Crippen MR) is 113 cm³/mol. The van der Waals surface area contributed by atoms with E-state index in [0.29, 0.717) is 5.58 Å². The highest BCUT2D eigenvalue weighted by Gasteiger charge is 2.28. The summed E-state index contributed by atoms with van der Waals surface area (Å²) in [5, 5.41) is 10.9. The number of ether oxygens (including phenoxy) is 1. The fourth-order valence-electron chi connectivity index (χ4n) is 4.07. The number of methoxy groups -OCH3 is 1. The first-order valence-corrected chi connectivity index (χ1v) is 9.89. The second kappa shape index (κ2) is 7.93. The van der Waals surface area contributed by atoms with Gasteiger partial charge >= 0.3 is 5.76 Å². The van der Waals surface area contributed by atoms with Gasteiger partial charge in [-0.2, -0.15) is 0 Å². The second-order valence-corrected chi connectivity index (χ2v) is 7.53. The largest absolute Gasteiger partial charge is 0.495 e.